The Morgan fingerprint density at radius 2 is 1.48 bits per heavy atom. The third-order valence-electron chi connectivity index (χ3n) is 5.54. The number of hydrogen-bond acceptors (Lipinski definition) is 3. The molecule has 4 aromatic rings. The fourth-order valence-electron chi connectivity index (χ4n) is 4.14. The maximum atomic E-state index is 6.10. The third kappa shape index (κ3) is 3.82. The number of thiophene rings is 1. The molecule has 0 unspecified atom stereocenters. The van der Waals surface area contributed by atoms with E-state index in [0.29, 0.717) is 6.61 Å². The lowest BCUT2D eigenvalue weighted by atomic mass is 9.84. The molecule has 0 aliphatic carbocycles. The molecule has 0 amide bonds. The molecule has 5 rings (SSSR count). The van der Waals surface area contributed by atoms with Gasteiger partial charge in [0.1, 0.15) is 6.61 Å². The van der Waals surface area contributed by atoms with Crippen molar-refractivity contribution in [3.63, 3.8) is 0 Å². The second-order valence-corrected chi connectivity index (χ2v) is 12.3. The molecule has 1 aliphatic rings. The topological polar surface area (TPSA) is 21.6 Å². The molecule has 1 aromatic heterocycles. The first kappa shape index (κ1) is 20.4. The zero-order chi connectivity index (χ0) is 21.4. The van der Waals surface area contributed by atoms with Gasteiger partial charge in [-0.15, -0.1) is 11.3 Å². The Morgan fingerprint density at radius 1 is 0.839 bits per heavy atom. The van der Waals surface area contributed by atoms with Gasteiger partial charge in [-0.1, -0.05) is 93.6 Å². The summed E-state index contributed by atoms with van der Waals surface area (Å²) in [4.78, 5) is 4.79. The van der Waals surface area contributed by atoms with E-state index in [9.17, 15) is 0 Å². The van der Waals surface area contributed by atoms with Gasteiger partial charge in [0.15, 0.2) is 0 Å². The molecule has 0 radical (unpaired) electrons. The van der Waals surface area contributed by atoms with E-state index in [1.54, 1.807) is 0 Å². The normalized spacial score (nSPS) is 14.1. The molecule has 156 valence electrons. The van der Waals surface area contributed by atoms with E-state index in [0.717, 1.165) is 12.4 Å². The largest absolute Gasteiger partial charge is 0.475 e. The van der Waals surface area contributed by atoms with Crippen LogP contribution < -0.4 is 15.2 Å². The van der Waals surface area contributed by atoms with Gasteiger partial charge in [-0.2, -0.15) is 0 Å². The second-order valence-electron chi connectivity index (χ2n) is 8.75. The summed E-state index contributed by atoms with van der Waals surface area (Å²) in [6.07, 6.45) is 0. The molecule has 0 fully saturated rings. The number of ether oxygens (including phenoxy) is 1. The molecule has 0 saturated heterocycles. The molecule has 0 spiro atoms. The van der Waals surface area contributed by atoms with E-state index < -0.39 is 7.92 Å². The van der Waals surface area contributed by atoms with Crippen molar-refractivity contribution in [3.05, 3.63) is 90.0 Å². The lowest BCUT2D eigenvalue weighted by Crippen LogP contribution is -2.23. The molecular weight excluding hydrogens is 417 g/mol. The van der Waals surface area contributed by atoms with Gasteiger partial charge in [-0.25, -0.2) is 4.99 Å². The molecule has 0 atom stereocenters. The lowest BCUT2D eigenvalue weighted by molar-refractivity contribution is 0.349. The van der Waals surface area contributed by atoms with Crippen LogP contribution in [0.5, 0.6) is 0 Å². The van der Waals surface area contributed by atoms with E-state index in [-0.39, 0.29) is 5.41 Å². The van der Waals surface area contributed by atoms with E-state index >= 15 is 0 Å². The summed E-state index contributed by atoms with van der Waals surface area (Å²) in [6.45, 7) is 8.27. The fraction of sp³-hybridized carbons (Fsp3) is 0.222. The zero-order valence-electron chi connectivity index (χ0n) is 18.1. The van der Waals surface area contributed by atoms with Gasteiger partial charge in [-0.3, -0.25) is 0 Å². The number of nitrogens with zero attached hydrogens (tertiary/aromatic N) is 1. The molecule has 2 heterocycles. The predicted octanol–water partition coefficient (Wildman–Crippen LogP) is 5.73. The predicted molar refractivity (Wildman–Crippen MR) is 137 cm³/mol. The Hall–Kier alpha value is -2.48. The van der Waals surface area contributed by atoms with E-state index in [1.807, 2.05) is 11.3 Å². The number of fused-ring (bicyclic) bond motifs is 1. The molecule has 0 bridgehead atoms. The van der Waals surface area contributed by atoms with Crippen LogP contribution in [0.15, 0.2) is 83.9 Å². The molecule has 1 aliphatic heterocycles. The molecule has 31 heavy (non-hydrogen) atoms. The molecule has 4 heteroatoms. The average molecular weight is 444 g/mol. The van der Waals surface area contributed by atoms with Crippen LogP contribution >= 0.6 is 19.3 Å². The maximum Gasteiger partial charge on any atom is 0.218 e. The average Bonchev–Trinajstić information content (AvgIpc) is 3.42. The summed E-state index contributed by atoms with van der Waals surface area (Å²) in [5.41, 5.74) is 2.60. The first-order valence-corrected chi connectivity index (χ1v) is 12.8. The molecule has 0 saturated carbocycles. The summed E-state index contributed by atoms with van der Waals surface area (Å²) in [5.74, 6) is 0.817. The number of benzene rings is 3. The van der Waals surface area contributed by atoms with Crippen LogP contribution in [0.4, 0.5) is 0 Å². The summed E-state index contributed by atoms with van der Waals surface area (Å²) < 4.78 is 8.79. The second kappa shape index (κ2) is 8.22. The highest BCUT2D eigenvalue weighted by Gasteiger charge is 2.31. The van der Waals surface area contributed by atoms with E-state index in [4.69, 9.17) is 9.73 Å². The maximum absolute atomic E-state index is 6.10. The molecule has 3 aromatic carbocycles. The van der Waals surface area contributed by atoms with Crippen LogP contribution in [0.2, 0.25) is 0 Å². The summed E-state index contributed by atoms with van der Waals surface area (Å²) >= 11 is 1.91. The van der Waals surface area contributed by atoms with Crippen molar-refractivity contribution in [2.24, 2.45) is 4.99 Å². The monoisotopic (exact) mass is 443 g/mol. The van der Waals surface area contributed by atoms with Crippen LogP contribution in [0, 0.1) is 0 Å². The van der Waals surface area contributed by atoms with Gasteiger partial charge in [-0.05, 0) is 35.6 Å². The van der Waals surface area contributed by atoms with Crippen LogP contribution in [-0.4, -0.2) is 19.0 Å². The Kier molecular flexibility index (Phi) is 5.42. The van der Waals surface area contributed by atoms with Crippen LogP contribution in [0.25, 0.3) is 10.1 Å². The van der Waals surface area contributed by atoms with Crippen LogP contribution in [-0.2, 0) is 10.2 Å². The van der Waals surface area contributed by atoms with E-state index in [1.165, 1.54) is 36.4 Å². The van der Waals surface area contributed by atoms with Gasteiger partial charge in [0.2, 0.25) is 5.90 Å². The Morgan fingerprint density at radius 3 is 2.03 bits per heavy atom. The summed E-state index contributed by atoms with van der Waals surface area (Å²) in [7, 11) is -0.720. The minimum atomic E-state index is -0.720. The van der Waals surface area contributed by atoms with Crippen molar-refractivity contribution in [1.82, 2.24) is 0 Å². The van der Waals surface area contributed by atoms with Crippen molar-refractivity contribution in [2.75, 3.05) is 13.2 Å². The number of hydrogen-bond donors (Lipinski definition) is 0. The minimum Gasteiger partial charge on any atom is -0.475 e. The molecule has 0 N–H and O–H groups in total. The van der Waals surface area contributed by atoms with Gasteiger partial charge in [0.05, 0.1) is 16.7 Å². The first-order chi connectivity index (χ1) is 15.0. The number of rotatable bonds is 4. The number of aliphatic imine (C=N–C) groups is 1. The highest BCUT2D eigenvalue weighted by atomic mass is 32.1. The SMILES string of the molecule is CC(C)(C)c1cccc2sc(P(c3ccccc3)c3ccccc3)c(C3=NCCO3)c12. The third-order valence-corrected chi connectivity index (χ3v) is 9.57. The van der Waals surface area contributed by atoms with Crippen LogP contribution in [0.1, 0.15) is 31.9 Å². The molecular formula is C27H26NOPS. The van der Waals surface area contributed by atoms with Crippen molar-refractivity contribution in [2.45, 2.75) is 26.2 Å². The smallest absolute Gasteiger partial charge is 0.218 e. The minimum absolute atomic E-state index is 0.0357. The highest BCUT2D eigenvalue weighted by Crippen LogP contribution is 2.43. The standard InChI is InChI=1S/C27H26NOPS/c1-27(2,3)21-15-10-16-22-23(21)24(25-28-17-18-29-25)26(31-22)30(19-11-6-4-7-12-19)20-13-8-5-9-14-20/h4-16H,17-18H2,1-3H3. The Balaban J connectivity index is 1.85. The Labute approximate surface area is 189 Å². The van der Waals surface area contributed by atoms with Crippen molar-refractivity contribution in [1.29, 1.82) is 0 Å². The van der Waals surface area contributed by atoms with Crippen molar-refractivity contribution in [3.8, 4) is 0 Å². The first-order valence-electron chi connectivity index (χ1n) is 10.7. The van der Waals surface area contributed by atoms with E-state index in [2.05, 4.69) is 99.6 Å². The molecule has 2 nitrogen and oxygen atoms in total. The Bertz CT molecular complexity index is 1200. The highest BCUT2D eigenvalue weighted by molar-refractivity contribution is 7.84. The van der Waals surface area contributed by atoms with Gasteiger partial charge in [0, 0.05) is 10.1 Å². The van der Waals surface area contributed by atoms with Gasteiger partial charge >= 0.3 is 0 Å². The summed E-state index contributed by atoms with van der Waals surface area (Å²) in [5, 5.41) is 4.02. The van der Waals surface area contributed by atoms with Crippen molar-refractivity contribution >= 4 is 50.5 Å². The fourth-order valence-corrected chi connectivity index (χ4v) is 8.53. The lowest BCUT2D eigenvalue weighted by Gasteiger charge is -2.22. The van der Waals surface area contributed by atoms with Gasteiger partial charge < -0.3 is 4.74 Å². The summed E-state index contributed by atoms with van der Waals surface area (Å²) in [6, 6.07) is 28.5. The quantitative estimate of drug-likeness (QED) is 0.369. The van der Waals surface area contributed by atoms with Crippen LogP contribution in [0.3, 0.4) is 0 Å². The van der Waals surface area contributed by atoms with Crippen molar-refractivity contribution < 1.29 is 4.74 Å². The zero-order valence-corrected chi connectivity index (χ0v) is 19.8. The van der Waals surface area contributed by atoms with Gasteiger partial charge in [0.25, 0.3) is 0 Å².